The van der Waals surface area contributed by atoms with Gasteiger partial charge < -0.3 is 5.11 Å². The molecule has 0 bridgehead atoms. The first-order valence-electron chi connectivity index (χ1n) is 9.41. The van der Waals surface area contributed by atoms with E-state index in [0.717, 1.165) is 19.3 Å². The molecule has 0 aromatic carbocycles. The summed E-state index contributed by atoms with van der Waals surface area (Å²) in [4.78, 5) is 11.3. The fraction of sp³-hybridized carbons (Fsp3) is 0.667. The highest BCUT2D eigenvalue weighted by Crippen LogP contribution is 2.08. The molecule has 0 amide bonds. The summed E-state index contributed by atoms with van der Waals surface area (Å²) >= 11 is 0. The van der Waals surface area contributed by atoms with Gasteiger partial charge in [-0.2, -0.15) is 0 Å². The van der Waals surface area contributed by atoms with Gasteiger partial charge in [-0.15, -0.1) is 0 Å². The predicted octanol–water partition coefficient (Wildman–Crippen LogP) is 5.92. The van der Waals surface area contributed by atoms with Crippen LogP contribution in [-0.2, 0) is 4.79 Å². The summed E-state index contributed by atoms with van der Waals surface area (Å²) in [6, 6.07) is 0. The van der Waals surface area contributed by atoms with E-state index in [2.05, 4.69) is 31.2 Å². The first kappa shape index (κ1) is 21.9. The van der Waals surface area contributed by atoms with Gasteiger partial charge in [0.25, 0.3) is 0 Å². The molecule has 0 spiro atoms. The van der Waals surface area contributed by atoms with Gasteiger partial charge in [-0.25, -0.2) is 0 Å². The average Bonchev–Trinajstić information content (AvgIpc) is 2.56. The van der Waals surface area contributed by atoms with Crippen molar-refractivity contribution in [3.05, 3.63) is 36.5 Å². The van der Waals surface area contributed by atoms with E-state index in [1.807, 2.05) is 0 Å². The number of ketones is 1. The molecule has 2 heteroatoms. The topological polar surface area (TPSA) is 37.3 Å². The molecule has 0 atom stereocenters. The highest BCUT2D eigenvalue weighted by molar-refractivity contribution is 5.89. The van der Waals surface area contributed by atoms with E-state index in [-0.39, 0.29) is 12.4 Å². The predicted molar refractivity (Wildman–Crippen MR) is 101 cm³/mol. The summed E-state index contributed by atoms with van der Waals surface area (Å²) in [6.45, 7) is 2.19. The van der Waals surface area contributed by atoms with E-state index in [4.69, 9.17) is 5.11 Å². The summed E-state index contributed by atoms with van der Waals surface area (Å²) in [5.74, 6) is 0.129. The van der Waals surface area contributed by atoms with Crippen molar-refractivity contribution >= 4 is 5.78 Å². The fourth-order valence-corrected chi connectivity index (χ4v) is 2.38. The van der Waals surface area contributed by atoms with Crippen LogP contribution in [0.5, 0.6) is 0 Å². The molecule has 0 aliphatic carbocycles. The lowest BCUT2D eigenvalue weighted by molar-refractivity contribution is -0.114. The van der Waals surface area contributed by atoms with Crippen LogP contribution in [0.1, 0.15) is 84.0 Å². The third-order valence-corrected chi connectivity index (χ3v) is 3.78. The van der Waals surface area contributed by atoms with Crippen molar-refractivity contribution in [1.82, 2.24) is 0 Å². The van der Waals surface area contributed by atoms with Crippen molar-refractivity contribution in [1.29, 1.82) is 0 Å². The van der Waals surface area contributed by atoms with Crippen LogP contribution in [0.3, 0.4) is 0 Å². The molecule has 0 aliphatic rings. The molecule has 0 radical (unpaired) electrons. The third-order valence-electron chi connectivity index (χ3n) is 3.78. The van der Waals surface area contributed by atoms with E-state index in [1.165, 1.54) is 63.5 Å². The maximum atomic E-state index is 11.3. The Kier molecular flexibility index (Phi) is 18.0. The smallest absolute Gasteiger partial charge is 0.155 e. The Morgan fingerprint density at radius 1 is 0.783 bits per heavy atom. The maximum absolute atomic E-state index is 11.3. The van der Waals surface area contributed by atoms with E-state index in [9.17, 15) is 4.79 Å². The van der Waals surface area contributed by atoms with Crippen LogP contribution in [0.25, 0.3) is 0 Å². The molecule has 0 fully saturated rings. The van der Waals surface area contributed by atoms with Gasteiger partial charge in [-0.1, -0.05) is 69.4 Å². The zero-order chi connectivity index (χ0) is 17.0. The highest BCUT2D eigenvalue weighted by Gasteiger charge is 1.96. The second-order valence-electron chi connectivity index (χ2n) is 6.03. The number of carbonyl (C=O) groups is 1. The second kappa shape index (κ2) is 18.9. The first-order valence-corrected chi connectivity index (χ1v) is 9.41. The molecule has 0 aliphatic heterocycles. The normalized spacial score (nSPS) is 12.1. The number of allylic oxidation sites excluding steroid dienone is 5. The van der Waals surface area contributed by atoms with Gasteiger partial charge in [-0.05, 0) is 44.6 Å². The second-order valence-corrected chi connectivity index (χ2v) is 6.03. The maximum Gasteiger partial charge on any atom is 0.155 e. The fourth-order valence-electron chi connectivity index (χ4n) is 2.38. The Morgan fingerprint density at radius 2 is 1.39 bits per heavy atom. The van der Waals surface area contributed by atoms with Gasteiger partial charge in [0, 0.05) is 6.42 Å². The van der Waals surface area contributed by atoms with Gasteiger partial charge in [0.2, 0.25) is 0 Å². The van der Waals surface area contributed by atoms with Crippen LogP contribution in [-0.4, -0.2) is 17.5 Å². The quantitative estimate of drug-likeness (QED) is 0.218. The van der Waals surface area contributed by atoms with Crippen molar-refractivity contribution in [2.45, 2.75) is 84.0 Å². The molecule has 0 aromatic heterocycles. The van der Waals surface area contributed by atoms with Gasteiger partial charge in [-0.3, -0.25) is 4.79 Å². The average molecular weight is 321 g/mol. The molecule has 0 aromatic rings. The third kappa shape index (κ3) is 18.8. The summed E-state index contributed by atoms with van der Waals surface area (Å²) in [5.41, 5.74) is 0. The number of rotatable bonds is 16. The lowest BCUT2D eigenvalue weighted by Crippen LogP contribution is -1.93. The van der Waals surface area contributed by atoms with Gasteiger partial charge >= 0.3 is 0 Å². The molecule has 0 saturated carbocycles. The molecule has 0 saturated heterocycles. The molecule has 1 N–H and O–H groups in total. The van der Waals surface area contributed by atoms with Crippen molar-refractivity contribution in [3.63, 3.8) is 0 Å². The number of aliphatic hydroxyl groups excluding tert-OH is 1. The number of carbonyl (C=O) groups excluding carboxylic acids is 1. The SMILES string of the molecule is CCCCC/C=C/C/C=C/CCCCCCCC(=O)/C=C/CO. The van der Waals surface area contributed by atoms with E-state index >= 15 is 0 Å². The number of unbranched alkanes of at least 4 members (excludes halogenated alkanes) is 8. The molecule has 0 unspecified atom stereocenters. The van der Waals surface area contributed by atoms with Crippen LogP contribution < -0.4 is 0 Å². The van der Waals surface area contributed by atoms with E-state index < -0.39 is 0 Å². The Morgan fingerprint density at radius 3 is 2.04 bits per heavy atom. The van der Waals surface area contributed by atoms with Gasteiger partial charge in [0.1, 0.15) is 0 Å². The monoisotopic (exact) mass is 320 g/mol. The number of hydrogen-bond donors (Lipinski definition) is 1. The highest BCUT2D eigenvalue weighted by atomic mass is 16.2. The minimum atomic E-state index is -0.0477. The van der Waals surface area contributed by atoms with Crippen molar-refractivity contribution in [3.8, 4) is 0 Å². The Bertz CT molecular complexity index is 340. The summed E-state index contributed by atoms with van der Waals surface area (Å²) in [7, 11) is 0. The van der Waals surface area contributed by atoms with E-state index in [0.29, 0.717) is 6.42 Å². The molecule has 132 valence electrons. The van der Waals surface area contributed by atoms with E-state index in [1.54, 1.807) is 0 Å². The molecule has 2 nitrogen and oxygen atoms in total. The van der Waals surface area contributed by atoms with Crippen LogP contribution in [0.4, 0.5) is 0 Å². The van der Waals surface area contributed by atoms with Crippen LogP contribution in [0, 0.1) is 0 Å². The molecule has 0 heterocycles. The lowest BCUT2D eigenvalue weighted by Gasteiger charge is -1.99. The summed E-state index contributed by atoms with van der Waals surface area (Å²) < 4.78 is 0. The Hall–Kier alpha value is -1.15. The molecule has 23 heavy (non-hydrogen) atoms. The van der Waals surface area contributed by atoms with Crippen LogP contribution >= 0.6 is 0 Å². The number of aliphatic hydroxyl groups is 1. The largest absolute Gasteiger partial charge is 0.392 e. The zero-order valence-corrected chi connectivity index (χ0v) is 15.0. The minimum Gasteiger partial charge on any atom is -0.392 e. The first-order chi connectivity index (χ1) is 11.3. The molecule has 0 rings (SSSR count). The molecular formula is C21H36O2. The summed E-state index contributed by atoms with van der Waals surface area (Å²) in [5, 5.41) is 8.57. The Labute approximate surface area is 143 Å². The zero-order valence-electron chi connectivity index (χ0n) is 15.0. The van der Waals surface area contributed by atoms with Crippen molar-refractivity contribution in [2.24, 2.45) is 0 Å². The van der Waals surface area contributed by atoms with Gasteiger partial charge in [0.15, 0.2) is 5.78 Å². The Balaban J connectivity index is 3.28. The number of hydrogen-bond acceptors (Lipinski definition) is 2. The van der Waals surface area contributed by atoms with Gasteiger partial charge in [0.05, 0.1) is 6.61 Å². The summed E-state index contributed by atoms with van der Waals surface area (Å²) in [6.07, 6.45) is 26.0. The van der Waals surface area contributed by atoms with Crippen molar-refractivity contribution < 1.29 is 9.90 Å². The minimum absolute atomic E-state index is 0.0477. The van der Waals surface area contributed by atoms with Crippen molar-refractivity contribution in [2.75, 3.05) is 6.61 Å². The van der Waals surface area contributed by atoms with Crippen LogP contribution in [0.15, 0.2) is 36.5 Å². The molecular weight excluding hydrogens is 284 g/mol. The van der Waals surface area contributed by atoms with Crippen LogP contribution in [0.2, 0.25) is 0 Å². The standard InChI is InChI=1S/C21H36O2/c1-2-3-4-5-6-7-8-9-10-11-12-13-14-15-16-18-21(23)19-17-20-22/h6-7,9-10,17,19,22H,2-5,8,11-16,18,20H2,1H3/b7-6+,10-9+,19-17+. The lowest BCUT2D eigenvalue weighted by atomic mass is 10.1.